The van der Waals surface area contributed by atoms with Crippen molar-refractivity contribution in [3.63, 3.8) is 0 Å². The van der Waals surface area contributed by atoms with Crippen molar-refractivity contribution in [2.45, 2.75) is 38.1 Å². The zero-order chi connectivity index (χ0) is 13.4. The molecule has 1 aromatic rings. The highest BCUT2D eigenvalue weighted by atomic mass is 35.5. The molecule has 1 aromatic carbocycles. The SMILES string of the molecule is Cc1cc(Cl)c(S(=O)(=O)NC(C)(C)C)c(Cl)c1. The minimum absolute atomic E-state index is 0.0682. The molecule has 0 saturated carbocycles. The van der Waals surface area contributed by atoms with Crippen LogP contribution in [0.1, 0.15) is 26.3 Å². The van der Waals surface area contributed by atoms with Crippen LogP contribution < -0.4 is 4.72 Å². The fourth-order valence-corrected chi connectivity index (χ4v) is 4.14. The molecular formula is C11H15Cl2NO2S. The Morgan fingerprint density at radius 3 is 1.88 bits per heavy atom. The number of sulfonamides is 1. The Bertz CT molecular complexity index is 510. The minimum Gasteiger partial charge on any atom is -0.207 e. The van der Waals surface area contributed by atoms with E-state index in [-0.39, 0.29) is 14.9 Å². The fraction of sp³-hybridized carbons (Fsp3) is 0.455. The average molecular weight is 296 g/mol. The highest BCUT2D eigenvalue weighted by Gasteiger charge is 2.26. The lowest BCUT2D eigenvalue weighted by Gasteiger charge is -2.21. The van der Waals surface area contributed by atoms with Gasteiger partial charge in [-0.15, -0.1) is 0 Å². The molecule has 6 heteroatoms. The van der Waals surface area contributed by atoms with Gasteiger partial charge in [-0.3, -0.25) is 0 Å². The van der Waals surface area contributed by atoms with E-state index in [2.05, 4.69) is 4.72 Å². The first-order chi connectivity index (χ1) is 7.53. The van der Waals surface area contributed by atoms with E-state index in [1.165, 1.54) is 0 Å². The zero-order valence-electron chi connectivity index (χ0n) is 10.1. The van der Waals surface area contributed by atoms with Gasteiger partial charge in [0.15, 0.2) is 0 Å². The van der Waals surface area contributed by atoms with Gasteiger partial charge in [0.25, 0.3) is 0 Å². The molecule has 0 aliphatic heterocycles. The maximum absolute atomic E-state index is 12.1. The Labute approximate surface area is 112 Å². The molecule has 0 unspecified atom stereocenters. The summed E-state index contributed by atoms with van der Waals surface area (Å²) >= 11 is 11.9. The number of hydrogen-bond acceptors (Lipinski definition) is 2. The van der Waals surface area contributed by atoms with Gasteiger partial charge in [0.05, 0.1) is 10.0 Å². The summed E-state index contributed by atoms with van der Waals surface area (Å²) in [4.78, 5) is -0.0682. The summed E-state index contributed by atoms with van der Waals surface area (Å²) in [5.41, 5.74) is 0.228. The van der Waals surface area contributed by atoms with E-state index in [1.54, 1.807) is 39.8 Å². The Kier molecular flexibility index (Phi) is 4.14. The van der Waals surface area contributed by atoms with Crippen molar-refractivity contribution in [2.75, 3.05) is 0 Å². The lowest BCUT2D eigenvalue weighted by Crippen LogP contribution is -2.40. The lowest BCUT2D eigenvalue weighted by molar-refractivity contribution is 0.491. The second kappa shape index (κ2) is 4.76. The molecule has 0 aromatic heterocycles. The molecular weight excluding hydrogens is 281 g/mol. The van der Waals surface area contributed by atoms with Gasteiger partial charge < -0.3 is 0 Å². The van der Waals surface area contributed by atoms with Crippen LogP contribution >= 0.6 is 23.2 Å². The van der Waals surface area contributed by atoms with Crippen molar-refractivity contribution in [3.05, 3.63) is 27.7 Å². The number of rotatable bonds is 2. The van der Waals surface area contributed by atoms with Crippen molar-refractivity contribution < 1.29 is 8.42 Å². The first kappa shape index (κ1) is 14.8. The van der Waals surface area contributed by atoms with E-state index in [0.717, 1.165) is 5.56 Å². The van der Waals surface area contributed by atoms with Crippen LogP contribution in [0.4, 0.5) is 0 Å². The van der Waals surface area contributed by atoms with E-state index in [0.29, 0.717) is 0 Å². The molecule has 0 atom stereocenters. The molecule has 0 saturated heterocycles. The van der Waals surface area contributed by atoms with Gasteiger partial charge in [-0.2, -0.15) is 0 Å². The van der Waals surface area contributed by atoms with E-state index >= 15 is 0 Å². The second-order valence-corrected chi connectivity index (χ2v) is 7.35. The molecule has 0 radical (unpaired) electrons. The smallest absolute Gasteiger partial charge is 0.207 e. The normalized spacial score (nSPS) is 12.8. The molecule has 0 spiro atoms. The molecule has 0 fully saturated rings. The van der Waals surface area contributed by atoms with Gasteiger partial charge in [-0.25, -0.2) is 13.1 Å². The standard InChI is InChI=1S/C11H15Cl2NO2S/c1-7-5-8(12)10(9(13)6-7)17(15,16)14-11(2,3)4/h5-6,14H,1-4H3. The van der Waals surface area contributed by atoms with Crippen molar-refractivity contribution in [2.24, 2.45) is 0 Å². The molecule has 3 nitrogen and oxygen atoms in total. The largest absolute Gasteiger partial charge is 0.244 e. The van der Waals surface area contributed by atoms with Crippen LogP contribution in [0.5, 0.6) is 0 Å². The Hall–Kier alpha value is -0.290. The first-order valence-electron chi connectivity index (χ1n) is 5.02. The van der Waals surface area contributed by atoms with E-state index in [4.69, 9.17) is 23.2 Å². The minimum atomic E-state index is -3.71. The number of hydrogen-bond donors (Lipinski definition) is 1. The summed E-state index contributed by atoms with van der Waals surface area (Å²) in [5, 5.41) is 0.263. The third kappa shape index (κ3) is 3.85. The van der Waals surface area contributed by atoms with Gasteiger partial charge in [0.1, 0.15) is 4.90 Å². The summed E-state index contributed by atoms with van der Waals surface area (Å²) < 4.78 is 26.8. The van der Waals surface area contributed by atoms with E-state index < -0.39 is 15.6 Å². The fourth-order valence-electron chi connectivity index (χ4n) is 1.40. The van der Waals surface area contributed by atoms with Crippen LogP contribution in [0, 0.1) is 6.92 Å². The highest BCUT2D eigenvalue weighted by molar-refractivity contribution is 7.89. The van der Waals surface area contributed by atoms with Crippen molar-refractivity contribution in [1.29, 1.82) is 0 Å². The summed E-state index contributed by atoms with van der Waals surface area (Å²) in [5.74, 6) is 0. The molecule has 0 aliphatic rings. The quantitative estimate of drug-likeness (QED) is 0.909. The third-order valence-corrected chi connectivity index (χ3v) is 4.53. The molecule has 0 heterocycles. The van der Waals surface area contributed by atoms with Crippen LogP contribution in [0.15, 0.2) is 17.0 Å². The molecule has 0 aliphatic carbocycles. The lowest BCUT2D eigenvalue weighted by atomic mass is 10.1. The Morgan fingerprint density at radius 1 is 1.12 bits per heavy atom. The monoisotopic (exact) mass is 295 g/mol. The second-order valence-electron chi connectivity index (χ2n) is 4.91. The number of halogens is 2. The van der Waals surface area contributed by atoms with Crippen molar-refractivity contribution >= 4 is 33.2 Å². The summed E-state index contributed by atoms with van der Waals surface area (Å²) in [6, 6.07) is 3.15. The summed E-state index contributed by atoms with van der Waals surface area (Å²) in [6.45, 7) is 7.05. The van der Waals surface area contributed by atoms with Gasteiger partial charge in [0, 0.05) is 5.54 Å². The van der Waals surface area contributed by atoms with Crippen LogP contribution in [0.2, 0.25) is 10.0 Å². The molecule has 1 N–H and O–H groups in total. The third-order valence-electron chi connectivity index (χ3n) is 1.85. The van der Waals surface area contributed by atoms with Gasteiger partial charge in [-0.1, -0.05) is 23.2 Å². The predicted octanol–water partition coefficient (Wildman–Crippen LogP) is 3.38. The Morgan fingerprint density at radius 2 is 1.53 bits per heavy atom. The first-order valence-corrected chi connectivity index (χ1v) is 7.26. The molecule has 0 bridgehead atoms. The van der Waals surface area contributed by atoms with E-state index in [1.807, 2.05) is 0 Å². The molecule has 0 amide bonds. The Balaban J connectivity index is 3.35. The van der Waals surface area contributed by atoms with Gasteiger partial charge in [-0.05, 0) is 45.4 Å². The number of aryl methyl sites for hydroxylation is 1. The van der Waals surface area contributed by atoms with E-state index in [9.17, 15) is 8.42 Å². The molecule has 96 valence electrons. The van der Waals surface area contributed by atoms with Crippen LogP contribution in [0.3, 0.4) is 0 Å². The number of benzene rings is 1. The van der Waals surface area contributed by atoms with Crippen LogP contribution in [0.25, 0.3) is 0 Å². The topological polar surface area (TPSA) is 46.2 Å². The van der Waals surface area contributed by atoms with Crippen LogP contribution in [-0.4, -0.2) is 14.0 Å². The van der Waals surface area contributed by atoms with Crippen LogP contribution in [-0.2, 0) is 10.0 Å². The predicted molar refractivity (Wildman–Crippen MR) is 71.3 cm³/mol. The summed E-state index contributed by atoms with van der Waals surface area (Å²) in [7, 11) is -3.71. The van der Waals surface area contributed by atoms with Gasteiger partial charge in [0.2, 0.25) is 10.0 Å². The van der Waals surface area contributed by atoms with Gasteiger partial charge >= 0.3 is 0 Å². The van der Waals surface area contributed by atoms with Crippen molar-refractivity contribution in [1.82, 2.24) is 4.72 Å². The van der Waals surface area contributed by atoms with Crippen molar-refractivity contribution in [3.8, 4) is 0 Å². The summed E-state index contributed by atoms with van der Waals surface area (Å²) in [6.07, 6.45) is 0. The molecule has 1 rings (SSSR count). The maximum atomic E-state index is 12.1. The zero-order valence-corrected chi connectivity index (χ0v) is 12.5. The maximum Gasteiger partial charge on any atom is 0.244 e. The highest BCUT2D eigenvalue weighted by Crippen LogP contribution is 2.31. The number of nitrogens with one attached hydrogen (secondary N) is 1. The average Bonchev–Trinajstić information content (AvgIpc) is 1.93. The molecule has 17 heavy (non-hydrogen) atoms.